The van der Waals surface area contributed by atoms with Crippen LogP contribution in [0.25, 0.3) is 0 Å². The molecule has 16 heavy (non-hydrogen) atoms. The van der Waals surface area contributed by atoms with Gasteiger partial charge in [0.15, 0.2) is 0 Å². The van der Waals surface area contributed by atoms with E-state index in [4.69, 9.17) is 9.84 Å². The molecule has 3 N–H and O–H groups in total. The van der Waals surface area contributed by atoms with Crippen LogP contribution in [0.1, 0.15) is 6.92 Å². The van der Waals surface area contributed by atoms with Crippen LogP contribution >= 0.6 is 0 Å². The summed E-state index contributed by atoms with van der Waals surface area (Å²) in [4.78, 5) is 4.34. The fourth-order valence-electron chi connectivity index (χ4n) is 1.35. The molecule has 0 saturated carbocycles. The zero-order valence-corrected chi connectivity index (χ0v) is 9.73. The van der Waals surface area contributed by atoms with Gasteiger partial charge in [-0.15, -0.1) is 0 Å². The number of anilines is 2. The van der Waals surface area contributed by atoms with Crippen LogP contribution in [0.15, 0.2) is 18.2 Å². The Kier molecular flexibility index (Phi) is 5.60. The molecular weight excluding hydrogens is 206 g/mol. The molecule has 0 aliphatic carbocycles. The molecule has 0 saturated heterocycles. The van der Waals surface area contributed by atoms with Crippen molar-refractivity contribution in [2.75, 3.05) is 37.5 Å². The van der Waals surface area contributed by atoms with Gasteiger partial charge in [0, 0.05) is 13.7 Å². The Bertz CT molecular complexity index is 307. The van der Waals surface area contributed by atoms with Gasteiger partial charge in [-0.05, 0) is 19.1 Å². The Morgan fingerprint density at radius 2 is 2.19 bits per heavy atom. The van der Waals surface area contributed by atoms with Crippen LogP contribution in [0.3, 0.4) is 0 Å². The molecule has 0 aromatic carbocycles. The van der Waals surface area contributed by atoms with Crippen molar-refractivity contribution in [3.8, 4) is 0 Å². The second-order valence-corrected chi connectivity index (χ2v) is 3.42. The van der Waals surface area contributed by atoms with E-state index in [9.17, 15) is 0 Å². The molecule has 1 aromatic rings. The number of aliphatic hydroxyl groups excluding tert-OH is 1. The minimum atomic E-state index is -0.130. The predicted octanol–water partition coefficient (Wildman–Crippen LogP) is 0.933. The SMILES string of the molecule is CCNc1cccc(NC(CO)COC)n1. The Balaban J connectivity index is 2.60. The maximum Gasteiger partial charge on any atom is 0.128 e. The quantitative estimate of drug-likeness (QED) is 0.644. The van der Waals surface area contributed by atoms with Crippen LogP contribution in [0.4, 0.5) is 11.6 Å². The van der Waals surface area contributed by atoms with E-state index in [0.717, 1.165) is 18.2 Å². The van der Waals surface area contributed by atoms with Crippen LogP contribution in [-0.4, -0.2) is 43.0 Å². The molecule has 0 amide bonds. The third-order valence-corrected chi connectivity index (χ3v) is 2.05. The van der Waals surface area contributed by atoms with Crippen LogP contribution in [0.5, 0.6) is 0 Å². The lowest BCUT2D eigenvalue weighted by Crippen LogP contribution is -2.29. The molecule has 1 unspecified atom stereocenters. The van der Waals surface area contributed by atoms with Crippen LogP contribution in [-0.2, 0) is 4.74 Å². The molecule has 1 aromatic heterocycles. The molecular formula is C11H19N3O2. The van der Waals surface area contributed by atoms with Crippen molar-refractivity contribution >= 4 is 11.6 Å². The molecule has 0 spiro atoms. The maximum atomic E-state index is 9.11. The van der Waals surface area contributed by atoms with Crippen LogP contribution in [0.2, 0.25) is 0 Å². The topological polar surface area (TPSA) is 66.4 Å². The number of aromatic nitrogens is 1. The minimum Gasteiger partial charge on any atom is -0.394 e. The summed E-state index contributed by atoms with van der Waals surface area (Å²) in [6.07, 6.45) is 0. The highest BCUT2D eigenvalue weighted by Crippen LogP contribution is 2.10. The number of methoxy groups -OCH3 is 1. The van der Waals surface area contributed by atoms with Crippen molar-refractivity contribution in [3.63, 3.8) is 0 Å². The summed E-state index contributed by atoms with van der Waals surface area (Å²) in [6.45, 7) is 3.31. The third-order valence-electron chi connectivity index (χ3n) is 2.05. The summed E-state index contributed by atoms with van der Waals surface area (Å²) in [7, 11) is 1.60. The Hall–Kier alpha value is -1.33. The lowest BCUT2D eigenvalue weighted by molar-refractivity contribution is 0.153. The van der Waals surface area contributed by atoms with E-state index < -0.39 is 0 Å². The first-order valence-corrected chi connectivity index (χ1v) is 5.37. The summed E-state index contributed by atoms with van der Waals surface area (Å²) < 4.78 is 4.98. The van der Waals surface area contributed by atoms with E-state index in [1.54, 1.807) is 7.11 Å². The molecule has 1 heterocycles. The second kappa shape index (κ2) is 7.03. The lowest BCUT2D eigenvalue weighted by Gasteiger charge is -2.16. The van der Waals surface area contributed by atoms with E-state index in [0.29, 0.717) is 6.61 Å². The van der Waals surface area contributed by atoms with Gasteiger partial charge in [0.25, 0.3) is 0 Å². The van der Waals surface area contributed by atoms with Gasteiger partial charge in [-0.1, -0.05) is 6.07 Å². The number of ether oxygens (including phenoxy) is 1. The van der Waals surface area contributed by atoms with Crippen molar-refractivity contribution in [3.05, 3.63) is 18.2 Å². The van der Waals surface area contributed by atoms with Crippen molar-refractivity contribution in [1.29, 1.82) is 0 Å². The number of aliphatic hydroxyl groups is 1. The molecule has 1 atom stereocenters. The van der Waals surface area contributed by atoms with Gasteiger partial charge in [0.1, 0.15) is 11.6 Å². The van der Waals surface area contributed by atoms with E-state index >= 15 is 0 Å². The van der Waals surface area contributed by atoms with E-state index in [1.165, 1.54) is 0 Å². The molecule has 90 valence electrons. The number of nitrogens with zero attached hydrogens (tertiary/aromatic N) is 1. The average molecular weight is 225 g/mol. The first kappa shape index (κ1) is 12.7. The van der Waals surface area contributed by atoms with Crippen LogP contribution < -0.4 is 10.6 Å². The Labute approximate surface area is 95.8 Å². The van der Waals surface area contributed by atoms with E-state index in [2.05, 4.69) is 15.6 Å². The predicted molar refractivity (Wildman–Crippen MR) is 64.8 cm³/mol. The molecule has 0 bridgehead atoms. The van der Waals surface area contributed by atoms with Crippen LogP contribution in [0, 0.1) is 0 Å². The zero-order chi connectivity index (χ0) is 11.8. The highest BCUT2D eigenvalue weighted by molar-refractivity contribution is 5.45. The normalized spacial score (nSPS) is 12.2. The van der Waals surface area contributed by atoms with Gasteiger partial charge < -0.3 is 20.5 Å². The summed E-state index contributed by atoms with van der Waals surface area (Å²) in [5.41, 5.74) is 0. The van der Waals surface area contributed by atoms with Gasteiger partial charge in [-0.2, -0.15) is 0 Å². The summed E-state index contributed by atoms with van der Waals surface area (Å²) in [5.74, 6) is 1.55. The first-order chi connectivity index (χ1) is 7.80. The van der Waals surface area contributed by atoms with Crippen molar-refractivity contribution in [2.24, 2.45) is 0 Å². The summed E-state index contributed by atoms with van der Waals surface area (Å²) >= 11 is 0. The highest BCUT2D eigenvalue weighted by Gasteiger charge is 2.07. The van der Waals surface area contributed by atoms with Crippen molar-refractivity contribution in [1.82, 2.24) is 4.98 Å². The van der Waals surface area contributed by atoms with E-state index in [1.807, 2.05) is 25.1 Å². The Morgan fingerprint density at radius 3 is 2.81 bits per heavy atom. The zero-order valence-electron chi connectivity index (χ0n) is 9.73. The molecule has 1 rings (SSSR count). The molecule has 0 radical (unpaired) electrons. The van der Waals surface area contributed by atoms with Gasteiger partial charge >= 0.3 is 0 Å². The van der Waals surface area contributed by atoms with E-state index in [-0.39, 0.29) is 12.6 Å². The molecule has 5 heteroatoms. The molecule has 0 fully saturated rings. The number of pyridine rings is 1. The fourth-order valence-corrected chi connectivity index (χ4v) is 1.35. The van der Waals surface area contributed by atoms with Gasteiger partial charge in [0.05, 0.1) is 19.3 Å². The molecule has 0 aliphatic heterocycles. The highest BCUT2D eigenvalue weighted by atomic mass is 16.5. The summed E-state index contributed by atoms with van der Waals surface area (Å²) in [5, 5.41) is 15.3. The number of hydrogen-bond donors (Lipinski definition) is 3. The lowest BCUT2D eigenvalue weighted by atomic mass is 10.3. The van der Waals surface area contributed by atoms with Gasteiger partial charge in [-0.25, -0.2) is 4.98 Å². The molecule has 0 aliphatic rings. The largest absolute Gasteiger partial charge is 0.394 e. The van der Waals surface area contributed by atoms with Gasteiger partial charge in [0.2, 0.25) is 0 Å². The molecule has 5 nitrogen and oxygen atoms in total. The van der Waals surface area contributed by atoms with Crippen molar-refractivity contribution in [2.45, 2.75) is 13.0 Å². The number of rotatable bonds is 7. The third kappa shape index (κ3) is 4.04. The summed E-state index contributed by atoms with van der Waals surface area (Å²) in [6, 6.07) is 5.54. The minimum absolute atomic E-state index is 0.0148. The van der Waals surface area contributed by atoms with Gasteiger partial charge in [-0.3, -0.25) is 0 Å². The number of hydrogen-bond acceptors (Lipinski definition) is 5. The number of nitrogens with one attached hydrogen (secondary N) is 2. The van der Waals surface area contributed by atoms with Crippen molar-refractivity contribution < 1.29 is 9.84 Å². The first-order valence-electron chi connectivity index (χ1n) is 5.37. The second-order valence-electron chi connectivity index (χ2n) is 3.42. The smallest absolute Gasteiger partial charge is 0.128 e. The average Bonchev–Trinajstić information content (AvgIpc) is 2.29. The monoisotopic (exact) mass is 225 g/mol. The maximum absolute atomic E-state index is 9.11. The fraction of sp³-hybridized carbons (Fsp3) is 0.545. The Morgan fingerprint density at radius 1 is 1.44 bits per heavy atom. The standard InChI is InChI=1S/C11H19N3O2/c1-3-12-10-5-4-6-11(14-10)13-9(7-15)8-16-2/h4-6,9,15H,3,7-8H2,1-2H3,(H2,12,13,14).